The summed E-state index contributed by atoms with van der Waals surface area (Å²) in [5.41, 5.74) is 0.460. The molecule has 1 aliphatic heterocycles. The lowest BCUT2D eigenvalue weighted by Crippen LogP contribution is -2.51. The number of carbonyl (C=O) groups is 2. The van der Waals surface area contributed by atoms with Crippen LogP contribution in [-0.4, -0.2) is 60.5 Å². The van der Waals surface area contributed by atoms with Crippen molar-refractivity contribution in [1.29, 1.82) is 0 Å². The Morgan fingerprint density at radius 2 is 2.04 bits per heavy atom. The van der Waals surface area contributed by atoms with Gasteiger partial charge in [0.15, 0.2) is 5.11 Å². The molecule has 0 unspecified atom stereocenters. The van der Waals surface area contributed by atoms with E-state index in [1.54, 1.807) is 30.1 Å². The van der Waals surface area contributed by atoms with Crippen LogP contribution >= 0.6 is 23.8 Å². The number of methoxy groups -OCH3 is 1. The maximum absolute atomic E-state index is 12.6. The molecule has 2 N–H and O–H groups in total. The fourth-order valence-electron chi connectivity index (χ4n) is 2.44. The Labute approximate surface area is 162 Å². The molecule has 142 valence electrons. The van der Waals surface area contributed by atoms with Crippen molar-refractivity contribution in [2.24, 2.45) is 0 Å². The van der Waals surface area contributed by atoms with E-state index in [-0.39, 0.29) is 17.7 Å². The zero-order chi connectivity index (χ0) is 19.1. The minimum Gasteiger partial charge on any atom is -0.495 e. The molecular formula is C16H21ClN4O4S. The summed E-state index contributed by atoms with van der Waals surface area (Å²) in [5.74, 6) is 0.0882. The van der Waals surface area contributed by atoms with Crippen molar-refractivity contribution in [2.75, 3.05) is 38.7 Å². The van der Waals surface area contributed by atoms with Crippen molar-refractivity contribution >= 4 is 46.6 Å². The van der Waals surface area contributed by atoms with Crippen molar-refractivity contribution in [3.05, 3.63) is 23.2 Å². The minimum atomic E-state index is -0.409. The van der Waals surface area contributed by atoms with Gasteiger partial charge in [-0.05, 0) is 43.8 Å². The van der Waals surface area contributed by atoms with Crippen LogP contribution in [0.4, 0.5) is 10.5 Å². The molecule has 0 aromatic heterocycles. The molecule has 0 bridgehead atoms. The molecule has 10 heteroatoms. The van der Waals surface area contributed by atoms with Gasteiger partial charge < -0.3 is 20.1 Å². The van der Waals surface area contributed by atoms with Crippen LogP contribution in [-0.2, 0) is 9.53 Å². The lowest BCUT2D eigenvalue weighted by molar-refractivity contribution is -0.141. The van der Waals surface area contributed by atoms with Gasteiger partial charge in [-0.2, -0.15) is 0 Å². The number of thiocarbonyl (C=S) groups is 1. The van der Waals surface area contributed by atoms with Gasteiger partial charge in [-0.3, -0.25) is 9.80 Å². The predicted octanol–water partition coefficient (Wildman–Crippen LogP) is 2.24. The first-order chi connectivity index (χ1) is 12.5. The number of benzene rings is 1. The highest BCUT2D eigenvalue weighted by Crippen LogP contribution is 2.28. The summed E-state index contributed by atoms with van der Waals surface area (Å²) >= 11 is 11.3. The number of anilines is 1. The van der Waals surface area contributed by atoms with Crippen LogP contribution in [0.2, 0.25) is 5.02 Å². The Morgan fingerprint density at radius 3 is 2.73 bits per heavy atom. The minimum absolute atomic E-state index is 0.0548. The van der Waals surface area contributed by atoms with Gasteiger partial charge in [-0.15, -0.1) is 0 Å². The van der Waals surface area contributed by atoms with Crippen LogP contribution in [0, 0.1) is 0 Å². The van der Waals surface area contributed by atoms with E-state index in [1.165, 1.54) is 12.1 Å². The molecule has 0 aliphatic carbocycles. The van der Waals surface area contributed by atoms with Gasteiger partial charge in [0.25, 0.3) is 0 Å². The molecule has 1 aromatic rings. The predicted molar refractivity (Wildman–Crippen MR) is 102 cm³/mol. The summed E-state index contributed by atoms with van der Waals surface area (Å²) < 4.78 is 10.1. The third kappa shape index (κ3) is 5.12. The van der Waals surface area contributed by atoms with Crippen LogP contribution in [0.3, 0.4) is 0 Å². The summed E-state index contributed by atoms with van der Waals surface area (Å²) in [5, 5.41) is 9.42. The lowest BCUT2D eigenvalue weighted by atomic mass is 10.3. The van der Waals surface area contributed by atoms with Crippen molar-refractivity contribution in [2.45, 2.75) is 13.3 Å². The summed E-state index contributed by atoms with van der Waals surface area (Å²) in [6.45, 7) is 3.03. The molecule has 2 rings (SSSR count). The number of carbonyl (C=O) groups excluding carboxylic acids is 2. The van der Waals surface area contributed by atoms with Gasteiger partial charge >= 0.3 is 12.0 Å². The topological polar surface area (TPSA) is 83.1 Å². The van der Waals surface area contributed by atoms with Gasteiger partial charge in [-0.25, -0.2) is 9.80 Å². The fourth-order valence-corrected chi connectivity index (χ4v) is 2.88. The highest BCUT2D eigenvalue weighted by molar-refractivity contribution is 7.80. The second kappa shape index (κ2) is 9.44. The third-order valence-electron chi connectivity index (χ3n) is 3.59. The van der Waals surface area contributed by atoms with Crippen LogP contribution in [0.1, 0.15) is 13.3 Å². The van der Waals surface area contributed by atoms with Crippen molar-refractivity contribution in [1.82, 2.24) is 15.3 Å². The summed E-state index contributed by atoms with van der Waals surface area (Å²) in [6, 6.07) is 4.58. The number of halogens is 1. The molecule has 1 fully saturated rings. The van der Waals surface area contributed by atoms with Gasteiger partial charge in [0, 0.05) is 18.1 Å². The van der Waals surface area contributed by atoms with Crippen molar-refractivity contribution in [3.8, 4) is 5.75 Å². The first kappa shape index (κ1) is 20.1. The number of esters is 1. The van der Waals surface area contributed by atoms with E-state index in [0.717, 1.165) is 6.42 Å². The van der Waals surface area contributed by atoms with E-state index < -0.39 is 5.97 Å². The number of hydrazine groups is 1. The summed E-state index contributed by atoms with van der Waals surface area (Å²) in [7, 11) is 1.51. The van der Waals surface area contributed by atoms with E-state index >= 15 is 0 Å². The molecular weight excluding hydrogens is 380 g/mol. The molecule has 0 spiro atoms. The Bertz CT molecular complexity index is 688. The molecule has 1 aromatic carbocycles. The van der Waals surface area contributed by atoms with E-state index in [9.17, 15) is 9.59 Å². The maximum Gasteiger partial charge on any atom is 0.340 e. The van der Waals surface area contributed by atoms with Crippen LogP contribution < -0.4 is 15.4 Å². The first-order valence-corrected chi connectivity index (χ1v) is 8.87. The van der Waals surface area contributed by atoms with Crippen LogP contribution in [0.15, 0.2) is 18.2 Å². The average Bonchev–Trinajstić information content (AvgIpc) is 3.10. The lowest BCUT2D eigenvalue weighted by Gasteiger charge is -2.30. The van der Waals surface area contributed by atoms with E-state index in [2.05, 4.69) is 10.6 Å². The first-order valence-electron chi connectivity index (χ1n) is 8.09. The monoisotopic (exact) mass is 400 g/mol. The van der Waals surface area contributed by atoms with Gasteiger partial charge in [0.1, 0.15) is 12.3 Å². The average molecular weight is 401 g/mol. The third-order valence-corrected chi connectivity index (χ3v) is 4.18. The fraction of sp³-hybridized carbons (Fsp3) is 0.438. The second-order valence-corrected chi connectivity index (χ2v) is 6.16. The van der Waals surface area contributed by atoms with Crippen LogP contribution in [0.5, 0.6) is 5.75 Å². The Kier molecular flexibility index (Phi) is 7.28. The highest BCUT2D eigenvalue weighted by Gasteiger charge is 2.29. The van der Waals surface area contributed by atoms with Gasteiger partial charge in [-0.1, -0.05) is 11.6 Å². The molecule has 0 radical (unpaired) electrons. The number of amides is 2. The SMILES string of the molecule is CCOC(=O)CNC(=S)N1CCCN1C(=O)Nc1cc(Cl)ccc1OC. The van der Waals surface area contributed by atoms with Crippen molar-refractivity contribution in [3.63, 3.8) is 0 Å². The Balaban J connectivity index is 2.00. The smallest absolute Gasteiger partial charge is 0.340 e. The number of ether oxygens (including phenoxy) is 2. The van der Waals surface area contributed by atoms with E-state index in [0.29, 0.717) is 36.2 Å². The van der Waals surface area contributed by atoms with E-state index in [4.69, 9.17) is 33.3 Å². The van der Waals surface area contributed by atoms with Crippen LogP contribution in [0.25, 0.3) is 0 Å². The summed E-state index contributed by atoms with van der Waals surface area (Å²) in [4.78, 5) is 24.1. The molecule has 8 nitrogen and oxygen atoms in total. The molecule has 1 heterocycles. The molecule has 0 atom stereocenters. The van der Waals surface area contributed by atoms with Crippen molar-refractivity contribution < 1.29 is 19.1 Å². The molecule has 1 saturated heterocycles. The number of hydrogen-bond donors (Lipinski definition) is 2. The van der Waals surface area contributed by atoms with E-state index in [1.807, 2.05) is 0 Å². The molecule has 26 heavy (non-hydrogen) atoms. The summed E-state index contributed by atoms with van der Waals surface area (Å²) in [6.07, 6.45) is 0.751. The maximum atomic E-state index is 12.6. The van der Waals surface area contributed by atoms with Gasteiger partial charge in [0.2, 0.25) is 0 Å². The number of urea groups is 1. The zero-order valence-corrected chi connectivity index (χ0v) is 16.2. The number of hydrogen-bond acceptors (Lipinski definition) is 5. The quantitative estimate of drug-likeness (QED) is 0.579. The Hall–Kier alpha value is -2.26. The number of nitrogens with zero attached hydrogens (tertiary/aromatic N) is 2. The molecule has 2 amide bonds. The second-order valence-electron chi connectivity index (χ2n) is 5.34. The van der Waals surface area contributed by atoms with Gasteiger partial charge in [0.05, 0.1) is 19.4 Å². The largest absolute Gasteiger partial charge is 0.495 e. The standard InChI is InChI=1S/C16H21ClN4O4S/c1-3-25-14(22)10-18-16(26)21-8-4-7-20(21)15(23)19-12-9-11(17)5-6-13(12)24-2/h5-6,9H,3-4,7-8,10H2,1-2H3,(H,18,26)(H,19,23). The molecule has 1 aliphatic rings. The zero-order valence-electron chi connectivity index (χ0n) is 14.6. The normalized spacial score (nSPS) is 13.3. The molecule has 0 saturated carbocycles. The Morgan fingerprint density at radius 1 is 1.31 bits per heavy atom. The number of rotatable bonds is 5. The highest BCUT2D eigenvalue weighted by atomic mass is 35.5. The number of nitrogens with one attached hydrogen (secondary N) is 2.